The molecule has 126 valence electrons. The minimum absolute atomic E-state index is 0.0763. The molecule has 1 saturated heterocycles. The summed E-state index contributed by atoms with van der Waals surface area (Å²) in [7, 11) is 1.83. The van der Waals surface area contributed by atoms with Crippen molar-refractivity contribution in [3.63, 3.8) is 0 Å². The molecule has 1 heterocycles. The van der Waals surface area contributed by atoms with Gasteiger partial charge >= 0.3 is 0 Å². The average Bonchev–Trinajstić information content (AvgIpc) is 2.92. The first kappa shape index (κ1) is 17.5. The Kier molecular flexibility index (Phi) is 5.80. The van der Waals surface area contributed by atoms with Crippen molar-refractivity contribution in [1.29, 1.82) is 0 Å². The summed E-state index contributed by atoms with van der Waals surface area (Å²) in [6.45, 7) is 7.41. The van der Waals surface area contributed by atoms with E-state index < -0.39 is 0 Å². The summed E-state index contributed by atoms with van der Waals surface area (Å²) in [6.07, 6.45) is 2.25. The van der Waals surface area contributed by atoms with Crippen LogP contribution in [0, 0.1) is 12.8 Å². The lowest BCUT2D eigenvalue weighted by atomic mass is 10.1. The molecule has 0 bridgehead atoms. The zero-order chi connectivity index (χ0) is 17.0. The highest BCUT2D eigenvalue weighted by atomic mass is 16.2. The Morgan fingerprint density at radius 2 is 1.87 bits per heavy atom. The average molecular weight is 316 g/mol. The number of hydrogen-bond acceptors (Lipinski definition) is 2. The van der Waals surface area contributed by atoms with E-state index in [1.54, 1.807) is 4.90 Å². The second-order valence-electron chi connectivity index (χ2n) is 6.60. The van der Waals surface area contributed by atoms with E-state index in [0.717, 1.165) is 18.4 Å². The minimum atomic E-state index is -0.196. The zero-order valence-corrected chi connectivity index (χ0v) is 14.7. The molecule has 0 radical (unpaired) electrons. The van der Waals surface area contributed by atoms with Crippen molar-refractivity contribution < 1.29 is 9.59 Å². The van der Waals surface area contributed by atoms with Crippen LogP contribution in [-0.2, 0) is 16.1 Å². The molecule has 2 amide bonds. The van der Waals surface area contributed by atoms with E-state index in [1.165, 1.54) is 5.56 Å². The molecular formula is C19H28N2O2. The second-order valence-corrected chi connectivity index (χ2v) is 6.60. The highest BCUT2D eigenvalue weighted by molar-refractivity contribution is 5.89. The maximum absolute atomic E-state index is 12.7. The minimum Gasteiger partial charge on any atom is -0.341 e. The molecule has 4 heteroatoms. The van der Waals surface area contributed by atoms with E-state index >= 15 is 0 Å². The summed E-state index contributed by atoms with van der Waals surface area (Å²) in [5.74, 6) is 0.00622. The first-order chi connectivity index (χ1) is 11.0. The van der Waals surface area contributed by atoms with E-state index in [0.29, 0.717) is 19.5 Å². The molecule has 0 aromatic heterocycles. The van der Waals surface area contributed by atoms with Crippen LogP contribution >= 0.6 is 0 Å². The third-order valence-electron chi connectivity index (χ3n) is 4.81. The van der Waals surface area contributed by atoms with Gasteiger partial charge in [-0.3, -0.25) is 9.59 Å². The molecule has 23 heavy (non-hydrogen) atoms. The predicted octanol–water partition coefficient (Wildman–Crippen LogP) is 2.99. The Morgan fingerprint density at radius 3 is 2.43 bits per heavy atom. The Hall–Kier alpha value is -1.84. The maximum atomic E-state index is 12.7. The number of aryl methyl sites for hydroxylation is 1. The van der Waals surface area contributed by atoms with Crippen molar-refractivity contribution in [2.24, 2.45) is 5.92 Å². The Balaban J connectivity index is 1.97. The summed E-state index contributed by atoms with van der Waals surface area (Å²) >= 11 is 0. The van der Waals surface area contributed by atoms with Crippen LogP contribution in [0.25, 0.3) is 0 Å². The van der Waals surface area contributed by atoms with Gasteiger partial charge in [0.2, 0.25) is 11.8 Å². The molecule has 1 aliphatic heterocycles. The van der Waals surface area contributed by atoms with E-state index in [9.17, 15) is 9.59 Å². The van der Waals surface area contributed by atoms with Crippen molar-refractivity contribution in [2.45, 2.75) is 52.6 Å². The maximum Gasteiger partial charge on any atom is 0.228 e. The van der Waals surface area contributed by atoms with Gasteiger partial charge in [0.05, 0.1) is 5.92 Å². The third-order valence-corrected chi connectivity index (χ3v) is 4.81. The van der Waals surface area contributed by atoms with Gasteiger partial charge < -0.3 is 9.80 Å². The summed E-state index contributed by atoms with van der Waals surface area (Å²) in [5.41, 5.74) is 2.33. The first-order valence-electron chi connectivity index (χ1n) is 8.56. The van der Waals surface area contributed by atoms with Crippen LogP contribution in [0.4, 0.5) is 0 Å². The van der Waals surface area contributed by atoms with Crippen LogP contribution in [0.1, 0.15) is 44.2 Å². The lowest BCUT2D eigenvalue weighted by molar-refractivity contribution is -0.135. The molecule has 4 nitrogen and oxygen atoms in total. The van der Waals surface area contributed by atoms with Crippen molar-refractivity contribution in [2.75, 3.05) is 13.6 Å². The van der Waals surface area contributed by atoms with Gasteiger partial charge in [-0.15, -0.1) is 0 Å². The first-order valence-corrected chi connectivity index (χ1v) is 8.56. The zero-order valence-electron chi connectivity index (χ0n) is 14.7. The number of carbonyl (C=O) groups is 2. The van der Waals surface area contributed by atoms with Crippen molar-refractivity contribution in [3.8, 4) is 0 Å². The van der Waals surface area contributed by atoms with Gasteiger partial charge in [0.15, 0.2) is 0 Å². The Labute approximate surface area is 139 Å². The fourth-order valence-corrected chi connectivity index (χ4v) is 3.34. The van der Waals surface area contributed by atoms with Crippen molar-refractivity contribution >= 4 is 11.8 Å². The van der Waals surface area contributed by atoms with Crippen LogP contribution in [0.15, 0.2) is 24.3 Å². The van der Waals surface area contributed by atoms with Crippen LogP contribution in [0.5, 0.6) is 0 Å². The van der Waals surface area contributed by atoms with Gasteiger partial charge in [-0.25, -0.2) is 0 Å². The summed E-state index contributed by atoms with van der Waals surface area (Å²) in [5, 5.41) is 0. The highest BCUT2D eigenvalue weighted by Crippen LogP contribution is 2.24. The van der Waals surface area contributed by atoms with E-state index in [-0.39, 0.29) is 23.8 Å². The lowest BCUT2D eigenvalue weighted by Crippen LogP contribution is -2.38. The predicted molar refractivity (Wildman–Crippen MR) is 91.8 cm³/mol. The van der Waals surface area contributed by atoms with Gasteiger partial charge in [-0.1, -0.05) is 43.7 Å². The van der Waals surface area contributed by atoms with Gasteiger partial charge in [0.1, 0.15) is 0 Å². The normalized spacial score (nSPS) is 17.9. The molecule has 2 rings (SSSR count). The van der Waals surface area contributed by atoms with Gasteiger partial charge in [0.25, 0.3) is 0 Å². The summed E-state index contributed by atoms with van der Waals surface area (Å²) < 4.78 is 0. The largest absolute Gasteiger partial charge is 0.341 e. The Morgan fingerprint density at radius 1 is 1.26 bits per heavy atom. The van der Waals surface area contributed by atoms with Crippen molar-refractivity contribution in [3.05, 3.63) is 35.4 Å². The SMILES string of the molecule is CCC(CC)N1CC(C(=O)N(C)Cc2ccc(C)cc2)CC1=O. The standard InChI is InChI=1S/C19H28N2O2/c1-5-17(6-2)21-13-16(11-18(21)22)19(23)20(4)12-15-9-7-14(3)8-10-15/h7-10,16-17H,5-6,11-13H2,1-4H3. The summed E-state index contributed by atoms with van der Waals surface area (Å²) in [4.78, 5) is 28.5. The number of carbonyl (C=O) groups excluding carboxylic acids is 2. The molecule has 0 saturated carbocycles. The molecule has 1 aromatic rings. The fraction of sp³-hybridized carbons (Fsp3) is 0.579. The molecule has 0 spiro atoms. The molecule has 1 unspecified atom stereocenters. The van der Waals surface area contributed by atoms with Gasteiger partial charge in [-0.2, -0.15) is 0 Å². The van der Waals surface area contributed by atoms with Crippen LogP contribution in [0.2, 0.25) is 0 Å². The quantitative estimate of drug-likeness (QED) is 0.809. The smallest absolute Gasteiger partial charge is 0.228 e. The second kappa shape index (κ2) is 7.62. The van der Waals surface area contributed by atoms with Gasteiger partial charge in [0, 0.05) is 32.6 Å². The van der Waals surface area contributed by atoms with Crippen LogP contribution in [0.3, 0.4) is 0 Å². The number of nitrogens with zero attached hydrogens (tertiary/aromatic N) is 2. The van der Waals surface area contributed by atoms with Crippen LogP contribution in [-0.4, -0.2) is 41.2 Å². The molecule has 1 fully saturated rings. The molecule has 1 aromatic carbocycles. The fourth-order valence-electron chi connectivity index (χ4n) is 3.34. The molecule has 0 N–H and O–H groups in total. The molecular weight excluding hydrogens is 288 g/mol. The lowest BCUT2D eigenvalue weighted by Gasteiger charge is -2.26. The van der Waals surface area contributed by atoms with Crippen molar-refractivity contribution in [1.82, 2.24) is 9.80 Å². The number of benzene rings is 1. The molecule has 0 aliphatic carbocycles. The van der Waals surface area contributed by atoms with E-state index in [4.69, 9.17) is 0 Å². The number of likely N-dealkylation sites (tertiary alicyclic amines) is 1. The third kappa shape index (κ3) is 4.12. The number of rotatable bonds is 6. The number of hydrogen-bond donors (Lipinski definition) is 0. The summed E-state index contributed by atoms with van der Waals surface area (Å²) in [6, 6.07) is 8.48. The van der Waals surface area contributed by atoms with Crippen LogP contribution < -0.4 is 0 Å². The topological polar surface area (TPSA) is 40.6 Å². The van der Waals surface area contributed by atoms with E-state index in [2.05, 4.69) is 45.0 Å². The highest BCUT2D eigenvalue weighted by Gasteiger charge is 2.37. The number of amides is 2. The van der Waals surface area contributed by atoms with E-state index in [1.807, 2.05) is 11.9 Å². The molecule has 1 atom stereocenters. The Bertz CT molecular complexity index is 549. The van der Waals surface area contributed by atoms with Gasteiger partial charge in [-0.05, 0) is 25.3 Å². The molecule has 1 aliphatic rings. The monoisotopic (exact) mass is 316 g/mol.